The van der Waals surface area contributed by atoms with E-state index in [1.165, 1.54) is 6.07 Å². The number of benzene rings is 1. The summed E-state index contributed by atoms with van der Waals surface area (Å²) in [5.41, 5.74) is 0.373. The molecule has 2 N–H and O–H groups in total. The molecular formula is C12H16FNO. The molecule has 2 rings (SSSR count). The molecule has 0 heterocycles. The lowest BCUT2D eigenvalue weighted by Crippen LogP contribution is -2.24. The summed E-state index contributed by atoms with van der Waals surface area (Å²) in [4.78, 5) is 0. The van der Waals surface area contributed by atoms with E-state index in [9.17, 15) is 9.50 Å². The molecular weight excluding hydrogens is 193 g/mol. The Bertz CT molecular complexity index is 342. The third-order valence-electron chi connectivity index (χ3n) is 2.95. The zero-order valence-corrected chi connectivity index (χ0v) is 8.78. The van der Waals surface area contributed by atoms with Gasteiger partial charge in [0.15, 0.2) is 0 Å². The van der Waals surface area contributed by atoms with Crippen LogP contribution in [0.2, 0.25) is 0 Å². The highest BCUT2D eigenvalue weighted by Crippen LogP contribution is 2.29. The molecule has 2 nitrogen and oxygen atoms in total. The topological polar surface area (TPSA) is 32.3 Å². The molecule has 15 heavy (non-hydrogen) atoms. The molecule has 1 aromatic rings. The van der Waals surface area contributed by atoms with Crippen LogP contribution in [0.4, 0.5) is 4.39 Å². The molecule has 3 heteroatoms. The minimum absolute atomic E-state index is 0.337. The van der Waals surface area contributed by atoms with Gasteiger partial charge in [-0.25, -0.2) is 4.39 Å². The summed E-state index contributed by atoms with van der Waals surface area (Å²) in [5.74, 6) is 0.355. The van der Waals surface area contributed by atoms with Crippen molar-refractivity contribution in [1.82, 2.24) is 5.32 Å². The minimum Gasteiger partial charge on any atom is -0.387 e. The highest BCUT2D eigenvalue weighted by atomic mass is 19.1. The first-order valence-corrected chi connectivity index (χ1v) is 5.34. The van der Waals surface area contributed by atoms with Crippen molar-refractivity contribution in [2.75, 3.05) is 6.54 Å². The Kier molecular flexibility index (Phi) is 3.03. The number of nitrogens with one attached hydrogen (secondary N) is 1. The van der Waals surface area contributed by atoms with E-state index in [1.54, 1.807) is 18.2 Å². The van der Waals surface area contributed by atoms with Gasteiger partial charge in [0, 0.05) is 18.2 Å². The molecule has 1 fully saturated rings. The summed E-state index contributed by atoms with van der Waals surface area (Å²) < 4.78 is 13.3. The monoisotopic (exact) mass is 209 g/mol. The Labute approximate surface area is 89.1 Å². The van der Waals surface area contributed by atoms with Crippen molar-refractivity contribution in [1.29, 1.82) is 0 Å². The predicted octanol–water partition coefficient (Wildman–Crippen LogP) is 1.86. The van der Waals surface area contributed by atoms with Crippen LogP contribution in [0.25, 0.3) is 0 Å². The van der Waals surface area contributed by atoms with Gasteiger partial charge in [0.2, 0.25) is 0 Å². The van der Waals surface area contributed by atoms with Crippen molar-refractivity contribution >= 4 is 0 Å². The highest BCUT2D eigenvalue weighted by Gasteiger charge is 2.32. The maximum Gasteiger partial charge on any atom is 0.129 e. The molecule has 3 atom stereocenters. The van der Waals surface area contributed by atoms with Gasteiger partial charge in [-0.1, -0.05) is 25.1 Å². The fraction of sp³-hybridized carbons (Fsp3) is 0.500. The predicted molar refractivity (Wildman–Crippen MR) is 56.9 cm³/mol. The van der Waals surface area contributed by atoms with E-state index in [0.717, 1.165) is 6.42 Å². The van der Waals surface area contributed by atoms with Gasteiger partial charge in [0.25, 0.3) is 0 Å². The van der Waals surface area contributed by atoms with Gasteiger partial charge in [-0.2, -0.15) is 0 Å². The third kappa shape index (κ3) is 2.55. The second-order valence-corrected chi connectivity index (χ2v) is 4.27. The molecule has 1 aliphatic rings. The summed E-state index contributed by atoms with van der Waals surface area (Å²) >= 11 is 0. The van der Waals surface area contributed by atoms with Gasteiger partial charge < -0.3 is 10.4 Å². The summed E-state index contributed by atoms with van der Waals surface area (Å²) in [5, 5.41) is 13.0. The van der Waals surface area contributed by atoms with Gasteiger partial charge in [-0.05, 0) is 18.4 Å². The van der Waals surface area contributed by atoms with Gasteiger partial charge >= 0.3 is 0 Å². The zero-order valence-electron chi connectivity index (χ0n) is 8.78. The molecule has 1 aliphatic carbocycles. The lowest BCUT2D eigenvalue weighted by atomic mass is 10.1. The van der Waals surface area contributed by atoms with E-state index in [2.05, 4.69) is 12.2 Å². The summed E-state index contributed by atoms with van der Waals surface area (Å²) in [7, 11) is 0. The smallest absolute Gasteiger partial charge is 0.129 e. The summed E-state index contributed by atoms with van der Waals surface area (Å²) in [6.07, 6.45) is 0.406. The Hall–Kier alpha value is -0.930. The Morgan fingerprint density at radius 2 is 2.20 bits per heavy atom. The first-order valence-electron chi connectivity index (χ1n) is 5.34. The largest absolute Gasteiger partial charge is 0.387 e. The molecule has 82 valence electrons. The second kappa shape index (κ2) is 4.29. The number of hydrogen-bond acceptors (Lipinski definition) is 2. The molecule has 0 spiro atoms. The molecule has 1 saturated carbocycles. The maximum absolute atomic E-state index is 13.3. The number of halogens is 1. The van der Waals surface area contributed by atoms with Crippen LogP contribution in [0, 0.1) is 11.7 Å². The molecule has 0 aliphatic heterocycles. The first-order chi connectivity index (χ1) is 7.18. The van der Waals surface area contributed by atoms with Crippen LogP contribution in [0.1, 0.15) is 25.0 Å². The minimum atomic E-state index is -0.751. The van der Waals surface area contributed by atoms with E-state index in [0.29, 0.717) is 24.1 Å². The summed E-state index contributed by atoms with van der Waals surface area (Å²) in [6, 6.07) is 6.87. The van der Waals surface area contributed by atoms with E-state index < -0.39 is 6.10 Å². The normalized spacial score (nSPS) is 26.3. The molecule has 0 radical (unpaired) electrons. The molecule has 0 bridgehead atoms. The number of hydrogen-bond donors (Lipinski definition) is 2. The average Bonchev–Trinajstić information content (AvgIpc) is 2.92. The number of aliphatic hydroxyl groups is 1. The zero-order chi connectivity index (χ0) is 10.8. The fourth-order valence-corrected chi connectivity index (χ4v) is 1.72. The van der Waals surface area contributed by atoms with Crippen LogP contribution in [-0.4, -0.2) is 17.7 Å². The van der Waals surface area contributed by atoms with Gasteiger partial charge in [0.05, 0.1) is 6.10 Å². The van der Waals surface area contributed by atoms with E-state index in [1.807, 2.05) is 0 Å². The summed E-state index contributed by atoms with van der Waals surface area (Å²) in [6.45, 7) is 2.59. The molecule has 0 saturated heterocycles. The number of aliphatic hydroxyl groups excluding tert-OH is 1. The van der Waals surface area contributed by atoms with Crippen LogP contribution < -0.4 is 5.32 Å². The van der Waals surface area contributed by atoms with Gasteiger partial charge in [-0.15, -0.1) is 0 Å². The van der Waals surface area contributed by atoms with Crippen LogP contribution in [0.3, 0.4) is 0 Å². The number of rotatable bonds is 4. The van der Waals surface area contributed by atoms with E-state index in [4.69, 9.17) is 0 Å². The second-order valence-electron chi connectivity index (χ2n) is 4.27. The van der Waals surface area contributed by atoms with E-state index >= 15 is 0 Å². The molecule has 0 amide bonds. The van der Waals surface area contributed by atoms with Crippen LogP contribution in [-0.2, 0) is 0 Å². The highest BCUT2D eigenvalue weighted by molar-refractivity contribution is 5.20. The van der Waals surface area contributed by atoms with E-state index in [-0.39, 0.29) is 5.82 Å². The SMILES string of the molecule is CC1CC1NCC(O)c1ccccc1F. The Balaban J connectivity index is 1.90. The quantitative estimate of drug-likeness (QED) is 0.793. The Morgan fingerprint density at radius 3 is 2.80 bits per heavy atom. The fourth-order valence-electron chi connectivity index (χ4n) is 1.72. The molecule has 0 aromatic heterocycles. The standard InChI is InChI=1S/C12H16FNO/c1-8-6-11(8)14-7-12(15)9-4-2-3-5-10(9)13/h2-5,8,11-12,14-15H,6-7H2,1H3. The van der Waals surface area contributed by atoms with Crippen molar-refractivity contribution in [3.05, 3.63) is 35.6 Å². The van der Waals surface area contributed by atoms with Crippen molar-refractivity contribution in [3.63, 3.8) is 0 Å². The lowest BCUT2D eigenvalue weighted by Gasteiger charge is -2.12. The Morgan fingerprint density at radius 1 is 1.53 bits per heavy atom. The van der Waals surface area contributed by atoms with Gasteiger partial charge in [0.1, 0.15) is 5.82 Å². The van der Waals surface area contributed by atoms with Crippen molar-refractivity contribution in [2.45, 2.75) is 25.5 Å². The average molecular weight is 209 g/mol. The first kappa shape index (κ1) is 10.6. The van der Waals surface area contributed by atoms with Crippen molar-refractivity contribution < 1.29 is 9.50 Å². The molecule has 1 aromatic carbocycles. The van der Waals surface area contributed by atoms with Gasteiger partial charge in [-0.3, -0.25) is 0 Å². The van der Waals surface area contributed by atoms with Crippen LogP contribution >= 0.6 is 0 Å². The lowest BCUT2D eigenvalue weighted by molar-refractivity contribution is 0.169. The van der Waals surface area contributed by atoms with Crippen LogP contribution in [0.5, 0.6) is 0 Å². The third-order valence-corrected chi connectivity index (χ3v) is 2.95. The van der Waals surface area contributed by atoms with Crippen molar-refractivity contribution in [3.8, 4) is 0 Å². The van der Waals surface area contributed by atoms with Crippen molar-refractivity contribution in [2.24, 2.45) is 5.92 Å². The van der Waals surface area contributed by atoms with Crippen LogP contribution in [0.15, 0.2) is 24.3 Å². The molecule has 3 unspecified atom stereocenters. The maximum atomic E-state index is 13.3.